The lowest BCUT2D eigenvalue weighted by atomic mass is 10.2. The van der Waals surface area contributed by atoms with Gasteiger partial charge in [-0.2, -0.15) is 13.9 Å². The molecule has 0 atom stereocenters. The number of para-hydroxylation sites is 1. The number of ether oxygens (including phenoxy) is 4. The minimum Gasteiger partial charge on any atom is -0.493 e. The lowest BCUT2D eigenvalue weighted by Gasteiger charge is -2.14. The Labute approximate surface area is 175 Å². The number of carbonyl (C=O) groups is 1. The van der Waals surface area contributed by atoms with E-state index in [0.717, 1.165) is 18.2 Å². The van der Waals surface area contributed by atoms with Crippen molar-refractivity contribution in [2.24, 2.45) is 0 Å². The first-order valence-corrected chi connectivity index (χ1v) is 8.84. The van der Waals surface area contributed by atoms with Gasteiger partial charge in [0.1, 0.15) is 5.82 Å². The van der Waals surface area contributed by atoms with Crippen LogP contribution in [0.2, 0.25) is 0 Å². The maximum absolute atomic E-state index is 13.3. The highest BCUT2D eigenvalue weighted by atomic mass is 19.3. The molecule has 1 N–H and O–H groups in total. The summed E-state index contributed by atoms with van der Waals surface area (Å²) in [6.07, 6.45) is 1.48. The highest BCUT2D eigenvalue weighted by Crippen LogP contribution is 2.36. The lowest BCUT2D eigenvalue weighted by Crippen LogP contribution is -2.16. The maximum Gasteiger partial charge on any atom is 0.387 e. The summed E-state index contributed by atoms with van der Waals surface area (Å²) < 4.78 is 60.1. The van der Waals surface area contributed by atoms with Crippen LogP contribution >= 0.6 is 0 Å². The van der Waals surface area contributed by atoms with Crippen molar-refractivity contribution in [1.29, 1.82) is 0 Å². The Morgan fingerprint density at radius 1 is 1.10 bits per heavy atom. The SMILES string of the molecule is COc1cccc(OC)c1OCn1ccc(C(=O)Nc2ccc(F)cc2OC(F)F)n1. The van der Waals surface area contributed by atoms with Gasteiger partial charge in [0, 0.05) is 12.3 Å². The number of amides is 1. The van der Waals surface area contributed by atoms with Crippen LogP contribution in [0, 0.1) is 5.82 Å². The molecule has 11 heteroatoms. The summed E-state index contributed by atoms with van der Waals surface area (Å²) in [6.45, 7) is -3.25. The molecule has 8 nitrogen and oxygen atoms in total. The zero-order chi connectivity index (χ0) is 22.4. The molecule has 0 saturated heterocycles. The number of nitrogens with zero attached hydrogens (tertiary/aromatic N) is 2. The topological polar surface area (TPSA) is 83.8 Å². The number of carbonyl (C=O) groups excluding carboxylic acids is 1. The molecule has 3 rings (SSSR count). The van der Waals surface area contributed by atoms with Crippen molar-refractivity contribution in [2.45, 2.75) is 13.3 Å². The van der Waals surface area contributed by atoms with Crippen LogP contribution in [0.25, 0.3) is 0 Å². The average molecular weight is 437 g/mol. The molecular weight excluding hydrogens is 419 g/mol. The first kappa shape index (κ1) is 21.8. The van der Waals surface area contributed by atoms with Crippen molar-refractivity contribution in [2.75, 3.05) is 19.5 Å². The summed E-state index contributed by atoms with van der Waals surface area (Å²) in [4.78, 5) is 12.4. The third-order valence-electron chi connectivity index (χ3n) is 4.00. The van der Waals surface area contributed by atoms with Crippen molar-refractivity contribution < 1.29 is 36.9 Å². The predicted molar refractivity (Wildman–Crippen MR) is 103 cm³/mol. The number of alkyl halides is 2. The largest absolute Gasteiger partial charge is 0.493 e. The number of methoxy groups -OCH3 is 2. The van der Waals surface area contributed by atoms with Crippen molar-refractivity contribution in [3.05, 3.63) is 60.2 Å². The van der Waals surface area contributed by atoms with Gasteiger partial charge in [0.15, 0.2) is 29.7 Å². The van der Waals surface area contributed by atoms with Gasteiger partial charge in [0.25, 0.3) is 5.91 Å². The van der Waals surface area contributed by atoms with E-state index in [0.29, 0.717) is 17.2 Å². The Balaban J connectivity index is 1.70. The van der Waals surface area contributed by atoms with E-state index in [9.17, 15) is 18.0 Å². The molecular formula is C20H18F3N3O5. The van der Waals surface area contributed by atoms with Crippen LogP contribution in [-0.4, -0.2) is 36.5 Å². The monoisotopic (exact) mass is 437 g/mol. The number of hydrogen-bond donors (Lipinski definition) is 1. The summed E-state index contributed by atoms with van der Waals surface area (Å²) in [5, 5.41) is 6.44. The molecule has 1 amide bonds. The first-order valence-electron chi connectivity index (χ1n) is 8.84. The van der Waals surface area contributed by atoms with E-state index in [1.54, 1.807) is 18.2 Å². The predicted octanol–water partition coefficient (Wildman–Crippen LogP) is 3.93. The van der Waals surface area contributed by atoms with E-state index < -0.39 is 24.1 Å². The molecule has 0 bridgehead atoms. The summed E-state index contributed by atoms with van der Waals surface area (Å²) in [5.41, 5.74) is -0.154. The fourth-order valence-electron chi connectivity index (χ4n) is 2.62. The van der Waals surface area contributed by atoms with Crippen LogP contribution in [0.1, 0.15) is 10.5 Å². The quantitative estimate of drug-likeness (QED) is 0.546. The maximum atomic E-state index is 13.3. The second kappa shape index (κ2) is 9.74. The molecule has 0 aliphatic rings. The standard InChI is InChI=1S/C20H18F3N3O5/c1-28-15-4-3-5-16(29-2)18(15)30-11-26-9-8-14(25-26)19(27)24-13-7-6-12(21)10-17(13)31-20(22)23/h3-10,20H,11H2,1-2H3,(H,24,27). The highest BCUT2D eigenvalue weighted by Gasteiger charge is 2.17. The lowest BCUT2D eigenvalue weighted by molar-refractivity contribution is -0.0495. The molecule has 1 heterocycles. The van der Waals surface area contributed by atoms with Gasteiger partial charge in [-0.3, -0.25) is 4.79 Å². The molecule has 164 valence electrons. The van der Waals surface area contributed by atoms with E-state index in [1.165, 1.54) is 31.2 Å². The van der Waals surface area contributed by atoms with Crippen molar-refractivity contribution in [3.63, 3.8) is 0 Å². The van der Waals surface area contributed by atoms with Gasteiger partial charge >= 0.3 is 6.61 Å². The smallest absolute Gasteiger partial charge is 0.387 e. The average Bonchev–Trinajstić information content (AvgIpc) is 3.22. The van der Waals surface area contributed by atoms with Crippen LogP contribution < -0.4 is 24.3 Å². The highest BCUT2D eigenvalue weighted by molar-refractivity contribution is 6.03. The number of benzene rings is 2. The van der Waals surface area contributed by atoms with E-state index >= 15 is 0 Å². The fraction of sp³-hybridized carbons (Fsp3) is 0.200. The van der Waals surface area contributed by atoms with Crippen LogP contribution in [0.5, 0.6) is 23.0 Å². The van der Waals surface area contributed by atoms with Crippen LogP contribution in [0.15, 0.2) is 48.7 Å². The third-order valence-corrected chi connectivity index (χ3v) is 4.00. The van der Waals surface area contributed by atoms with E-state index in [-0.39, 0.29) is 18.1 Å². The molecule has 0 spiro atoms. The van der Waals surface area contributed by atoms with E-state index in [2.05, 4.69) is 15.2 Å². The zero-order valence-electron chi connectivity index (χ0n) is 16.5. The Kier molecular flexibility index (Phi) is 6.85. The summed E-state index contributed by atoms with van der Waals surface area (Å²) in [5.74, 6) is -0.746. The minimum atomic E-state index is -3.18. The zero-order valence-corrected chi connectivity index (χ0v) is 16.5. The van der Waals surface area contributed by atoms with Crippen molar-refractivity contribution >= 4 is 11.6 Å². The molecule has 31 heavy (non-hydrogen) atoms. The van der Waals surface area contributed by atoms with Crippen LogP contribution in [0.4, 0.5) is 18.9 Å². The van der Waals surface area contributed by atoms with Gasteiger partial charge in [-0.05, 0) is 30.3 Å². The number of aromatic nitrogens is 2. The molecule has 2 aromatic carbocycles. The molecule has 0 aliphatic heterocycles. The summed E-state index contributed by atoms with van der Waals surface area (Å²) in [7, 11) is 2.97. The second-order valence-corrected chi connectivity index (χ2v) is 5.98. The Bertz CT molecular complexity index is 1040. The van der Waals surface area contributed by atoms with Gasteiger partial charge in [-0.25, -0.2) is 9.07 Å². The molecule has 0 aliphatic carbocycles. The van der Waals surface area contributed by atoms with Crippen molar-refractivity contribution in [1.82, 2.24) is 9.78 Å². The first-order chi connectivity index (χ1) is 14.9. The number of rotatable bonds is 9. The minimum absolute atomic E-state index is 0.0251. The molecule has 0 radical (unpaired) electrons. The molecule has 0 saturated carbocycles. The van der Waals surface area contributed by atoms with Gasteiger partial charge in [0.05, 0.1) is 19.9 Å². The van der Waals surface area contributed by atoms with Gasteiger partial charge in [-0.1, -0.05) is 6.07 Å². The van der Waals surface area contributed by atoms with E-state index in [1.807, 2.05) is 0 Å². The normalized spacial score (nSPS) is 10.6. The van der Waals surface area contributed by atoms with Crippen molar-refractivity contribution in [3.8, 4) is 23.0 Å². The van der Waals surface area contributed by atoms with Gasteiger partial charge in [-0.15, -0.1) is 0 Å². The molecule has 0 fully saturated rings. The number of halogens is 3. The van der Waals surface area contributed by atoms with E-state index in [4.69, 9.17) is 14.2 Å². The Morgan fingerprint density at radius 2 is 1.81 bits per heavy atom. The third kappa shape index (κ3) is 5.38. The fourth-order valence-corrected chi connectivity index (χ4v) is 2.62. The number of nitrogens with one attached hydrogen (secondary N) is 1. The molecule has 3 aromatic rings. The molecule has 0 unspecified atom stereocenters. The summed E-state index contributed by atoms with van der Waals surface area (Å²) in [6, 6.07) is 9.38. The van der Waals surface area contributed by atoms with Gasteiger partial charge in [0.2, 0.25) is 5.75 Å². The van der Waals surface area contributed by atoms with Gasteiger partial charge < -0.3 is 24.3 Å². The Morgan fingerprint density at radius 3 is 2.45 bits per heavy atom. The number of hydrogen-bond acceptors (Lipinski definition) is 6. The summed E-state index contributed by atoms with van der Waals surface area (Å²) >= 11 is 0. The second-order valence-electron chi connectivity index (χ2n) is 5.98. The number of anilines is 1. The Hall–Kier alpha value is -3.89. The van der Waals surface area contributed by atoms with Crippen LogP contribution in [0.3, 0.4) is 0 Å². The molecule has 1 aromatic heterocycles. The van der Waals surface area contributed by atoms with Crippen LogP contribution in [-0.2, 0) is 6.73 Å².